The maximum atomic E-state index is 12.0. The predicted molar refractivity (Wildman–Crippen MR) is 82.3 cm³/mol. The molecule has 0 aliphatic rings. The van der Waals surface area contributed by atoms with Gasteiger partial charge in [-0.25, -0.2) is 4.79 Å². The molecule has 0 atom stereocenters. The third-order valence-electron chi connectivity index (χ3n) is 3.10. The second kappa shape index (κ2) is 6.70. The van der Waals surface area contributed by atoms with Crippen LogP contribution in [0.1, 0.15) is 22.5 Å². The van der Waals surface area contributed by atoms with Gasteiger partial charge >= 0.3 is 5.97 Å². The summed E-state index contributed by atoms with van der Waals surface area (Å²) in [7, 11) is 0. The average Bonchev–Trinajstić information content (AvgIpc) is 2.48. The predicted octanol–water partition coefficient (Wildman–Crippen LogP) is 3.08. The van der Waals surface area contributed by atoms with Crippen molar-refractivity contribution in [1.82, 2.24) is 4.98 Å². The summed E-state index contributed by atoms with van der Waals surface area (Å²) in [5.74, 6) is -0.615. The number of esters is 1. The zero-order chi connectivity index (χ0) is 15.2. The lowest BCUT2D eigenvalue weighted by Crippen LogP contribution is -2.21. The van der Waals surface area contributed by atoms with E-state index in [1.165, 1.54) is 0 Å². The van der Waals surface area contributed by atoms with E-state index in [1.807, 2.05) is 30.3 Å². The topological polar surface area (TPSA) is 59.2 Å². The number of H-pyrrole nitrogens is 1. The Labute approximate surface area is 123 Å². The highest BCUT2D eigenvalue weighted by atomic mass is 16.5. The van der Waals surface area contributed by atoms with E-state index in [2.05, 4.69) is 11.6 Å². The quantitative estimate of drug-likeness (QED) is 0.521. The van der Waals surface area contributed by atoms with E-state index < -0.39 is 11.5 Å². The lowest BCUT2D eigenvalue weighted by molar-refractivity contribution is 0.0509. The monoisotopic (exact) mass is 283 g/mol. The van der Waals surface area contributed by atoms with Crippen LogP contribution in [0.15, 0.2) is 53.8 Å². The molecule has 1 N–H and O–H groups in total. The lowest BCUT2D eigenvalue weighted by atomic mass is 10.0. The van der Waals surface area contributed by atoms with Crippen molar-refractivity contribution in [2.45, 2.75) is 13.3 Å². The molecule has 4 nitrogen and oxygen atoms in total. The molecule has 0 saturated heterocycles. The summed E-state index contributed by atoms with van der Waals surface area (Å²) < 4.78 is 5.05. The number of carbonyl (C=O) groups is 1. The van der Waals surface area contributed by atoms with E-state index in [4.69, 9.17) is 4.74 Å². The van der Waals surface area contributed by atoms with Gasteiger partial charge in [-0.05, 0) is 25.0 Å². The van der Waals surface area contributed by atoms with E-state index in [1.54, 1.807) is 19.1 Å². The van der Waals surface area contributed by atoms with Gasteiger partial charge in [0, 0.05) is 11.3 Å². The molecular formula is C17H17NO3. The molecule has 0 bridgehead atoms. The Balaban J connectivity index is 2.37. The summed E-state index contributed by atoms with van der Waals surface area (Å²) in [6, 6.07) is 11.2. The van der Waals surface area contributed by atoms with Crippen molar-refractivity contribution in [3.05, 3.63) is 70.7 Å². The molecule has 4 heteroatoms. The van der Waals surface area contributed by atoms with Gasteiger partial charge in [0.15, 0.2) is 0 Å². The Morgan fingerprint density at radius 2 is 2.05 bits per heavy atom. The molecule has 21 heavy (non-hydrogen) atoms. The van der Waals surface area contributed by atoms with Gasteiger partial charge in [-0.2, -0.15) is 0 Å². The molecule has 1 aromatic carbocycles. The van der Waals surface area contributed by atoms with Crippen molar-refractivity contribution in [3.8, 4) is 11.1 Å². The molecular weight excluding hydrogens is 266 g/mol. The first-order valence-corrected chi connectivity index (χ1v) is 6.71. The minimum absolute atomic E-state index is 0.0171. The Hall–Kier alpha value is -2.62. The van der Waals surface area contributed by atoms with Gasteiger partial charge in [0.25, 0.3) is 5.56 Å². The number of carbonyl (C=O) groups excluding carboxylic acids is 1. The first-order chi connectivity index (χ1) is 10.1. The van der Waals surface area contributed by atoms with Crippen LogP contribution in [-0.2, 0) is 4.74 Å². The van der Waals surface area contributed by atoms with Crippen LogP contribution in [-0.4, -0.2) is 17.6 Å². The Morgan fingerprint density at radius 3 is 2.71 bits per heavy atom. The zero-order valence-electron chi connectivity index (χ0n) is 11.9. The van der Waals surface area contributed by atoms with Gasteiger partial charge in [0.1, 0.15) is 5.56 Å². The molecule has 0 unspecified atom stereocenters. The molecule has 2 aromatic rings. The summed E-state index contributed by atoms with van der Waals surface area (Å²) in [6.45, 7) is 5.57. The van der Waals surface area contributed by atoms with Gasteiger partial charge in [0.05, 0.1) is 6.61 Å². The number of pyridine rings is 1. The van der Waals surface area contributed by atoms with Gasteiger partial charge in [-0.15, -0.1) is 6.58 Å². The number of rotatable bonds is 5. The highest BCUT2D eigenvalue weighted by Crippen LogP contribution is 2.21. The number of hydrogen-bond acceptors (Lipinski definition) is 3. The van der Waals surface area contributed by atoms with Crippen molar-refractivity contribution in [1.29, 1.82) is 0 Å². The molecule has 0 aliphatic heterocycles. The van der Waals surface area contributed by atoms with Crippen LogP contribution in [0.2, 0.25) is 0 Å². The van der Waals surface area contributed by atoms with Crippen LogP contribution in [0, 0.1) is 6.92 Å². The second-order valence-electron chi connectivity index (χ2n) is 4.63. The summed E-state index contributed by atoms with van der Waals surface area (Å²) in [4.78, 5) is 26.6. The molecule has 108 valence electrons. The van der Waals surface area contributed by atoms with Crippen molar-refractivity contribution < 1.29 is 9.53 Å². The van der Waals surface area contributed by atoms with Gasteiger partial charge < -0.3 is 9.72 Å². The molecule has 1 heterocycles. The number of hydrogen-bond donors (Lipinski definition) is 1. The zero-order valence-corrected chi connectivity index (χ0v) is 11.9. The number of aromatic nitrogens is 1. The van der Waals surface area contributed by atoms with Crippen LogP contribution in [0.4, 0.5) is 0 Å². The molecule has 0 fully saturated rings. The number of nitrogens with one attached hydrogen (secondary N) is 1. The van der Waals surface area contributed by atoms with Crippen LogP contribution >= 0.6 is 0 Å². The standard InChI is InChI=1S/C17H17NO3/c1-3-4-10-21-17(20)15-11-14(12(2)18-16(15)19)13-8-6-5-7-9-13/h3,5-9,11H,1,4,10H2,2H3,(H,18,19). The normalized spacial score (nSPS) is 10.1. The van der Waals surface area contributed by atoms with E-state index in [0.29, 0.717) is 12.1 Å². The fraction of sp³-hybridized carbons (Fsp3) is 0.176. The molecule has 0 radical (unpaired) electrons. The van der Waals surface area contributed by atoms with Crippen LogP contribution in [0.5, 0.6) is 0 Å². The van der Waals surface area contributed by atoms with Crippen molar-refractivity contribution in [2.24, 2.45) is 0 Å². The minimum atomic E-state index is -0.615. The highest BCUT2D eigenvalue weighted by molar-refractivity contribution is 5.90. The molecule has 0 spiro atoms. The largest absolute Gasteiger partial charge is 0.462 e. The Bertz CT molecular complexity index is 702. The number of ether oxygens (including phenoxy) is 1. The van der Waals surface area contributed by atoms with Crippen molar-refractivity contribution >= 4 is 5.97 Å². The maximum absolute atomic E-state index is 12.0. The third kappa shape index (κ3) is 3.48. The Kier molecular flexibility index (Phi) is 4.72. The van der Waals surface area contributed by atoms with E-state index in [-0.39, 0.29) is 12.2 Å². The SMILES string of the molecule is C=CCCOC(=O)c1cc(-c2ccccc2)c(C)[nH]c1=O. The summed E-state index contributed by atoms with van der Waals surface area (Å²) in [5.41, 5.74) is 2.05. The van der Waals surface area contributed by atoms with Gasteiger partial charge in [0.2, 0.25) is 0 Å². The van der Waals surface area contributed by atoms with Gasteiger partial charge in [-0.3, -0.25) is 4.79 Å². The summed E-state index contributed by atoms with van der Waals surface area (Å²) >= 11 is 0. The summed E-state index contributed by atoms with van der Waals surface area (Å²) in [5, 5.41) is 0. The van der Waals surface area contributed by atoms with Crippen LogP contribution < -0.4 is 5.56 Å². The smallest absolute Gasteiger partial charge is 0.343 e. The molecule has 0 saturated carbocycles. The molecule has 0 aliphatic carbocycles. The number of aromatic amines is 1. The van der Waals surface area contributed by atoms with E-state index in [9.17, 15) is 9.59 Å². The Morgan fingerprint density at radius 1 is 1.33 bits per heavy atom. The first kappa shape index (κ1) is 14.8. The number of benzene rings is 1. The average molecular weight is 283 g/mol. The van der Waals surface area contributed by atoms with Crippen LogP contribution in [0.3, 0.4) is 0 Å². The maximum Gasteiger partial charge on any atom is 0.343 e. The summed E-state index contributed by atoms with van der Waals surface area (Å²) in [6.07, 6.45) is 2.21. The van der Waals surface area contributed by atoms with E-state index >= 15 is 0 Å². The fourth-order valence-corrected chi connectivity index (χ4v) is 2.00. The third-order valence-corrected chi connectivity index (χ3v) is 3.10. The minimum Gasteiger partial charge on any atom is -0.462 e. The first-order valence-electron chi connectivity index (χ1n) is 6.71. The van der Waals surface area contributed by atoms with Crippen molar-refractivity contribution in [3.63, 3.8) is 0 Å². The molecule has 1 aromatic heterocycles. The van der Waals surface area contributed by atoms with E-state index in [0.717, 1.165) is 11.1 Å². The molecule has 2 rings (SSSR count). The van der Waals surface area contributed by atoms with Crippen LogP contribution in [0.25, 0.3) is 11.1 Å². The molecule has 0 amide bonds. The highest BCUT2D eigenvalue weighted by Gasteiger charge is 2.15. The lowest BCUT2D eigenvalue weighted by Gasteiger charge is -2.08. The van der Waals surface area contributed by atoms with Crippen molar-refractivity contribution in [2.75, 3.05) is 6.61 Å². The fourth-order valence-electron chi connectivity index (χ4n) is 2.00. The second-order valence-corrected chi connectivity index (χ2v) is 4.63. The number of aryl methyl sites for hydroxylation is 1. The van der Waals surface area contributed by atoms with Gasteiger partial charge in [-0.1, -0.05) is 36.4 Å².